The summed E-state index contributed by atoms with van der Waals surface area (Å²) in [5.74, 6) is 0.160. The average Bonchev–Trinajstić information content (AvgIpc) is 2.86. The van der Waals surface area contributed by atoms with E-state index in [-0.39, 0.29) is 11.9 Å². The Hall–Kier alpha value is 0.1000. The van der Waals surface area contributed by atoms with Gasteiger partial charge in [0.15, 0.2) is 5.78 Å². The summed E-state index contributed by atoms with van der Waals surface area (Å²) in [6.07, 6.45) is 3.86. The second kappa shape index (κ2) is 5.63. The smallest absolute Gasteiger partial charge is 0.172 e. The highest BCUT2D eigenvalue weighted by molar-refractivity contribution is 9.11. The molecule has 2 rings (SSSR count). The van der Waals surface area contributed by atoms with Gasteiger partial charge in [0.1, 0.15) is 0 Å². The Labute approximate surface area is 112 Å². The Balaban J connectivity index is 1.87. The minimum Gasteiger partial charge on any atom is -0.378 e. The highest BCUT2D eigenvalue weighted by atomic mass is 79.9. The van der Waals surface area contributed by atoms with Crippen LogP contribution in [0.15, 0.2) is 9.85 Å². The third kappa shape index (κ3) is 3.06. The molecule has 1 saturated heterocycles. The van der Waals surface area contributed by atoms with Crippen molar-refractivity contribution in [1.82, 2.24) is 0 Å². The largest absolute Gasteiger partial charge is 0.378 e. The average molecular weight is 324 g/mol. The highest BCUT2D eigenvalue weighted by Crippen LogP contribution is 2.33. The Morgan fingerprint density at radius 1 is 1.69 bits per heavy atom. The zero-order chi connectivity index (χ0) is 11.5. The minimum absolute atomic E-state index is 0.160. The first-order valence-corrected chi connectivity index (χ1v) is 7.25. The topological polar surface area (TPSA) is 26.3 Å². The molecule has 1 fully saturated rings. The molecular weight excluding hydrogens is 312 g/mol. The van der Waals surface area contributed by atoms with Gasteiger partial charge in [0, 0.05) is 13.0 Å². The van der Waals surface area contributed by atoms with Gasteiger partial charge in [0.05, 0.1) is 19.8 Å². The highest BCUT2D eigenvalue weighted by Gasteiger charge is 2.18. The van der Waals surface area contributed by atoms with E-state index in [1.807, 2.05) is 0 Å². The van der Waals surface area contributed by atoms with E-state index in [2.05, 4.69) is 15.9 Å². The van der Waals surface area contributed by atoms with Crippen molar-refractivity contribution in [3.63, 3.8) is 0 Å². The number of rotatable bonds is 4. The van der Waals surface area contributed by atoms with Crippen molar-refractivity contribution >= 4 is 44.7 Å². The Morgan fingerprint density at radius 3 is 3.06 bits per heavy atom. The second-order valence-corrected chi connectivity index (χ2v) is 6.61. The van der Waals surface area contributed by atoms with Crippen molar-refractivity contribution in [3.05, 3.63) is 19.8 Å². The van der Waals surface area contributed by atoms with Crippen molar-refractivity contribution in [3.8, 4) is 0 Å². The molecule has 0 saturated carbocycles. The van der Waals surface area contributed by atoms with Gasteiger partial charge in [-0.25, -0.2) is 0 Å². The quantitative estimate of drug-likeness (QED) is 0.772. The molecule has 1 aliphatic rings. The first-order chi connectivity index (χ1) is 7.66. The monoisotopic (exact) mass is 322 g/mol. The van der Waals surface area contributed by atoms with Crippen molar-refractivity contribution in [2.75, 3.05) is 6.61 Å². The van der Waals surface area contributed by atoms with Crippen LogP contribution in [0.25, 0.3) is 0 Å². The first kappa shape index (κ1) is 12.6. The van der Waals surface area contributed by atoms with Crippen LogP contribution in [0.1, 0.15) is 35.4 Å². The Kier molecular flexibility index (Phi) is 4.41. The number of hydrogen-bond donors (Lipinski definition) is 0. The van der Waals surface area contributed by atoms with Crippen LogP contribution in [0, 0.1) is 0 Å². The lowest BCUT2D eigenvalue weighted by Crippen LogP contribution is -2.08. The van der Waals surface area contributed by atoms with Crippen LogP contribution >= 0.6 is 38.9 Å². The maximum Gasteiger partial charge on any atom is 0.172 e. The van der Waals surface area contributed by atoms with Gasteiger partial charge in [-0.1, -0.05) is 11.6 Å². The molecule has 0 aromatic carbocycles. The van der Waals surface area contributed by atoms with Gasteiger partial charge in [0.2, 0.25) is 0 Å². The van der Waals surface area contributed by atoms with E-state index in [0.29, 0.717) is 11.4 Å². The van der Waals surface area contributed by atoms with Gasteiger partial charge in [-0.2, -0.15) is 0 Å². The molecule has 0 bridgehead atoms. The number of carbonyl (C=O) groups excluding carboxylic acids is 1. The normalized spacial score (nSPS) is 20.2. The number of thiophene rings is 1. The number of ketones is 1. The molecule has 1 unspecified atom stereocenters. The molecule has 0 amide bonds. The number of Topliss-reactive ketones (excluding diaryl/α,β-unsaturated/α-hetero) is 1. The Morgan fingerprint density at radius 2 is 2.50 bits per heavy atom. The summed E-state index contributed by atoms with van der Waals surface area (Å²) in [6, 6.07) is 1.73. The molecule has 88 valence electrons. The van der Waals surface area contributed by atoms with Crippen molar-refractivity contribution in [2.45, 2.75) is 31.8 Å². The molecule has 16 heavy (non-hydrogen) atoms. The van der Waals surface area contributed by atoms with Crippen LogP contribution < -0.4 is 0 Å². The minimum atomic E-state index is 0.160. The van der Waals surface area contributed by atoms with Crippen molar-refractivity contribution in [1.29, 1.82) is 0 Å². The van der Waals surface area contributed by atoms with E-state index in [4.69, 9.17) is 16.3 Å². The van der Waals surface area contributed by atoms with Crippen LogP contribution in [-0.4, -0.2) is 18.5 Å². The standard InChI is InChI=1S/C11H12BrClO2S/c12-11-8(13)6-10(16-11)9(14)4-3-7-2-1-5-15-7/h6-7H,1-5H2. The Bertz CT molecular complexity index is 366. The molecule has 1 aromatic heterocycles. The van der Waals surface area contributed by atoms with E-state index in [0.717, 1.165) is 34.5 Å². The lowest BCUT2D eigenvalue weighted by Gasteiger charge is -2.06. The maximum atomic E-state index is 11.8. The summed E-state index contributed by atoms with van der Waals surface area (Å²) < 4.78 is 6.31. The molecule has 1 aliphatic heterocycles. The van der Waals surface area contributed by atoms with Crippen LogP contribution in [0.3, 0.4) is 0 Å². The fourth-order valence-corrected chi connectivity index (χ4v) is 3.44. The number of carbonyl (C=O) groups is 1. The summed E-state index contributed by atoms with van der Waals surface area (Å²) in [5.41, 5.74) is 0. The van der Waals surface area contributed by atoms with Crippen molar-refractivity contribution < 1.29 is 9.53 Å². The molecule has 0 N–H and O–H groups in total. The molecular formula is C11H12BrClO2S. The third-order valence-electron chi connectivity index (χ3n) is 2.64. The van der Waals surface area contributed by atoms with Crippen LogP contribution in [0.4, 0.5) is 0 Å². The SMILES string of the molecule is O=C(CCC1CCCO1)c1cc(Cl)c(Br)s1. The van der Waals surface area contributed by atoms with Gasteiger partial charge in [0.25, 0.3) is 0 Å². The zero-order valence-electron chi connectivity index (χ0n) is 8.67. The molecule has 1 atom stereocenters. The summed E-state index contributed by atoms with van der Waals surface area (Å²) in [4.78, 5) is 12.6. The fraction of sp³-hybridized carbons (Fsp3) is 0.545. The summed E-state index contributed by atoms with van der Waals surface area (Å²) in [5, 5.41) is 0.616. The summed E-state index contributed by atoms with van der Waals surface area (Å²) >= 11 is 10.6. The van der Waals surface area contributed by atoms with E-state index >= 15 is 0 Å². The molecule has 2 heterocycles. The summed E-state index contributed by atoms with van der Waals surface area (Å²) in [6.45, 7) is 0.842. The molecule has 0 radical (unpaired) electrons. The van der Waals surface area contributed by atoms with Gasteiger partial charge >= 0.3 is 0 Å². The zero-order valence-corrected chi connectivity index (χ0v) is 11.8. The number of ether oxygens (including phenoxy) is 1. The van der Waals surface area contributed by atoms with Gasteiger partial charge < -0.3 is 4.74 Å². The van der Waals surface area contributed by atoms with Gasteiger partial charge in [-0.15, -0.1) is 11.3 Å². The predicted molar refractivity (Wildman–Crippen MR) is 69.6 cm³/mol. The van der Waals surface area contributed by atoms with Crippen LogP contribution in [0.5, 0.6) is 0 Å². The first-order valence-electron chi connectivity index (χ1n) is 5.26. The molecule has 0 aliphatic carbocycles. The molecule has 2 nitrogen and oxygen atoms in total. The van der Waals surface area contributed by atoms with Crippen molar-refractivity contribution in [2.24, 2.45) is 0 Å². The van der Waals surface area contributed by atoms with E-state index in [1.54, 1.807) is 6.07 Å². The third-order valence-corrected chi connectivity index (χ3v) is 5.15. The van der Waals surface area contributed by atoms with Crippen LogP contribution in [0.2, 0.25) is 5.02 Å². The fourth-order valence-electron chi connectivity index (χ4n) is 1.77. The van der Waals surface area contributed by atoms with E-state index < -0.39 is 0 Å². The molecule has 0 spiro atoms. The number of hydrogen-bond acceptors (Lipinski definition) is 3. The second-order valence-electron chi connectivity index (χ2n) is 3.83. The van der Waals surface area contributed by atoms with Gasteiger partial charge in [-0.05, 0) is 41.3 Å². The molecule has 5 heteroatoms. The predicted octanol–water partition coefficient (Wildman–Crippen LogP) is 4.31. The van der Waals surface area contributed by atoms with Crippen LogP contribution in [-0.2, 0) is 4.74 Å². The lowest BCUT2D eigenvalue weighted by molar-refractivity contribution is 0.0862. The lowest BCUT2D eigenvalue weighted by atomic mass is 10.1. The number of halogens is 2. The van der Waals surface area contributed by atoms with E-state index in [9.17, 15) is 4.79 Å². The summed E-state index contributed by atoms with van der Waals surface area (Å²) in [7, 11) is 0. The molecule has 1 aromatic rings. The maximum absolute atomic E-state index is 11.8. The van der Waals surface area contributed by atoms with Gasteiger partial charge in [-0.3, -0.25) is 4.79 Å². The van der Waals surface area contributed by atoms with E-state index in [1.165, 1.54) is 11.3 Å².